The molecule has 0 atom stereocenters. The summed E-state index contributed by atoms with van der Waals surface area (Å²) in [7, 11) is 0. The van der Waals surface area contributed by atoms with E-state index >= 15 is 0 Å². The van der Waals surface area contributed by atoms with Crippen LogP contribution in [0.5, 0.6) is 5.75 Å². The second-order valence-corrected chi connectivity index (χ2v) is 10.1. The summed E-state index contributed by atoms with van der Waals surface area (Å²) in [5.41, 5.74) is -0.847. The van der Waals surface area contributed by atoms with E-state index in [1.807, 2.05) is 32.9 Å². The van der Waals surface area contributed by atoms with Crippen LogP contribution in [0.2, 0.25) is 5.02 Å². The first-order chi connectivity index (χ1) is 17.7. The molecule has 3 rings (SSSR count). The van der Waals surface area contributed by atoms with Gasteiger partial charge in [0.05, 0.1) is 11.6 Å². The van der Waals surface area contributed by atoms with Crippen molar-refractivity contribution in [3.63, 3.8) is 0 Å². The molecule has 0 radical (unpaired) electrons. The van der Waals surface area contributed by atoms with Gasteiger partial charge in [-0.2, -0.15) is 18.2 Å². The van der Waals surface area contributed by atoms with Crippen LogP contribution in [-0.4, -0.2) is 33.6 Å². The molecule has 1 amide bonds. The molecular weight excluding hydrogens is 521 g/mol. The van der Waals surface area contributed by atoms with Gasteiger partial charge in [0.1, 0.15) is 17.0 Å². The summed E-state index contributed by atoms with van der Waals surface area (Å²) >= 11 is 6.38. The predicted octanol–water partition coefficient (Wildman–Crippen LogP) is 6.27. The lowest BCUT2D eigenvalue weighted by atomic mass is 9.91. The van der Waals surface area contributed by atoms with Crippen molar-refractivity contribution in [2.45, 2.75) is 59.7 Å². The number of nitrogens with one attached hydrogen (secondary N) is 2. The van der Waals surface area contributed by atoms with Crippen LogP contribution in [0.25, 0.3) is 22.8 Å². The third-order valence-corrected chi connectivity index (χ3v) is 6.35. The average molecular weight is 551 g/mol. The van der Waals surface area contributed by atoms with Crippen LogP contribution in [0.4, 0.5) is 13.2 Å². The lowest BCUT2D eigenvalue weighted by Gasteiger charge is -2.26. The number of nitrogens with zero attached hydrogens (tertiary/aromatic N) is 2. The monoisotopic (exact) mass is 550 g/mol. The average Bonchev–Trinajstić information content (AvgIpc) is 2.85. The topological polar surface area (TPSA) is 97.0 Å². The van der Waals surface area contributed by atoms with Crippen LogP contribution < -0.4 is 15.7 Å². The maximum absolute atomic E-state index is 13.2. The highest BCUT2D eigenvalue weighted by Gasteiger charge is 2.52. The molecule has 2 aromatic carbocycles. The van der Waals surface area contributed by atoms with Gasteiger partial charge in [0.25, 0.3) is 0 Å². The van der Waals surface area contributed by atoms with Crippen LogP contribution in [0, 0.1) is 5.41 Å². The molecule has 38 heavy (non-hydrogen) atoms. The minimum atomic E-state index is -4.70. The fourth-order valence-electron chi connectivity index (χ4n) is 3.52. The van der Waals surface area contributed by atoms with E-state index in [-0.39, 0.29) is 29.1 Å². The van der Waals surface area contributed by atoms with Crippen molar-refractivity contribution < 1.29 is 22.7 Å². The highest BCUT2D eigenvalue weighted by Crippen LogP contribution is 2.37. The van der Waals surface area contributed by atoms with Gasteiger partial charge >= 0.3 is 11.9 Å². The van der Waals surface area contributed by atoms with Crippen LogP contribution in [0.1, 0.15) is 58.1 Å². The van der Waals surface area contributed by atoms with Gasteiger partial charge in [-0.1, -0.05) is 38.4 Å². The molecule has 0 aliphatic carbocycles. The Balaban J connectivity index is 1.94. The zero-order chi connectivity index (χ0) is 28.3. The molecule has 0 spiro atoms. The number of aromatic nitrogens is 3. The zero-order valence-corrected chi connectivity index (χ0v) is 22.5. The normalized spacial score (nSPS) is 12.1. The number of alkyl halides is 3. The van der Waals surface area contributed by atoms with E-state index in [1.54, 1.807) is 18.2 Å². The van der Waals surface area contributed by atoms with Crippen molar-refractivity contribution in [3.8, 4) is 28.5 Å². The van der Waals surface area contributed by atoms with Crippen molar-refractivity contribution in [2.24, 2.45) is 5.41 Å². The molecule has 0 aliphatic rings. The van der Waals surface area contributed by atoms with Crippen LogP contribution in [-0.2, 0) is 11.3 Å². The van der Waals surface area contributed by atoms with Crippen LogP contribution in [0.15, 0.2) is 41.2 Å². The first kappa shape index (κ1) is 29.2. The first-order valence-corrected chi connectivity index (χ1v) is 12.5. The van der Waals surface area contributed by atoms with Gasteiger partial charge in [0.2, 0.25) is 5.91 Å². The maximum Gasteiger partial charge on any atom is 0.402 e. The van der Waals surface area contributed by atoms with E-state index < -0.39 is 23.2 Å². The van der Waals surface area contributed by atoms with Gasteiger partial charge in [0.15, 0.2) is 5.82 Å². The minimum Gasteiger partial charge on any atom is -0.493 e. The summed E-state index contributed by atoms with van der Waals surface area (Å²) in [6, 6.07) is 10.1. The number of ether oxygens (including phenoxy) is 1. The molecule has 3 aromatic rings. The molecule has 0 saturated carbocycles. The van der Waals surface area contributed by atoms with Gasteiger partial charge in [-0.05, 0) is 67.6 Å². The molecule has 0 fully saturated rings. The van der Waals surface area contributed by atoms with E-state index in [0.717, 1.165) is 31.6 Å². The van der Waals surface area contributed by atoms with Crippen molar-refractivity contribution in [3.05, 3.63) is 63.0 Å². The number of H-pyrrole nitrogens is 1. The molecule has 1 aromatic heterocycles. The van der Waals surface area contributed by atoms with Gasteiger partial charge in [-0.25, -0.2) is 9.78 Å². The third-order valence-electron chi connectivity index (χ3n) is 6.02. The van der Waals surface area contributed by atoms with Crippen molar-refractivity contribution in [1.29, 1.82) is 0 Å². The predicted molar refractivity (Wildman–Crippen MR) is 140 cm³/mol. The number of halogens is 4. The number of hydrogen-bond acceptors (Lipinski definition) is 5. The highest BCUT2D eigenvalue weighted by molar-refractivity contribution is 6.33. The Morgan fingerprint density at radius 3 is 2.47 bits per heavy atom. The maximum atomic E-state index is 13.2. The summed E-state index contributed by atoms with van der Waals surface area (Å²) < 4.78 is 45.4. The quantitative estimate of drug-likeness (QED) is 0.327. The van der Waals surface area contributed by atoms with E-state index in [9.17, 15) is 22.8 Å². The molecule has 1 heterocycles. The molecular formula is C27H30ClF3N4O3. The number of hydrogen-bond donors (Lipinski definition) is 2. The molecule has 11 heteroatoms. The number of carbonyl (C=O) groups is 1. The SMILES string of the molecule is CCCOc1ccc(-c2nc(-c3cc(CNC(=O)C(C)(C)C(F)(F)F)ccc3Cl)[nH]c(=O)n2)cc1C(C)C. The standard InChI is InChI=1S/C27H30ClF3N4O3/c1-6-11-38-21-10-8-17(13-18(21)15(2)3)22-33-23(35-25(37)34-22)19-12-16(7-9-20(19)28)14-32-24(36)26(4,5)27(29,30)31/h7-10,12-13,15H,6,11,14H2,1-5H3,(H,32,36)(H,33,34,35,37). The van der Waals surface area contributed by atoms with Crippen molar-refractivity contribution in [2.75, 3.05) is 6.61 Å². The summed E-state index contributed by atoms with van der Waals surface area (Å²) in [5, 5.41) is 2.56. The number of benzene rings is 2. The van der Waals surface area contributed by atoms with E-state index in [0.29, 0.717) is 23.3 Å². The molecule has 0 unspecified atom stereocenters. The lowest BCUT2D eigenvalue weighted by Crippen LogP contribution is -2.46. The van der Waals surface area contributed by atoms with Crippen molar-refractivity contribution in [1.82, 2.24) is 20.3 Å². The van der Waals surface area contributed by atoms with E-state index in [4.69, 9.17) is 16.3 Å². The highest BCUT2D eigenvalue weighted by atomic mass is 35.5. The number of aromatic amines is 1. The summed E-state index contributed by atoms with van der Waals surface area (Å²) in [6.07, 6.45) is -3.84. The van der Waals surface area contributed by atoms with Gasteiger partial charge in [-0.15, -0.1) is 0 Å². The summed E-state index contributed by atoms with van der Waals surface area (Å²) in [5.74, 6) is 0.0428. The lowest BCUT2D eigenvalue weighted by molar-refractivity contribution is -0.211. The Morgan fingerprint density at radius 1 is 1.13 bits per heavy atom. The second-order valence-electron chi connectivity index (χ2n) is 9.70. The number of rotatable bonds is 9. The van der Waals surface area contributed by atoms with Crippen LogP contribution in [0.3, 0.4) is 0 Å². The molecule has 204 valence electrons. The summed E-state index contributed by atoms with van der Waals surface area (Å²) in [6.45, 7) is 8.11. The Bertz CT molecular complexity index is 1370. The largest absolute Gasteiger partial charge is 0.493 e. The molecule has 7 nitrogen and oxygen atoms in total. The Hall–Kier alpha value is -3.40. The van der Waals surface area contributed by atoms with E-state index in [2.05, 4.69) is 20.3 Å². The van der Waals surface area contributed by atoms with Crippen molar-refractivity contribution >= 4 is 17.5 Å². The molecule has 0 saturated heterocycles. The third kappa shape index (κ3) is 6.53. The Morgan fingerprint density at radius 2 is 1.84 bits per heavy atom. The van der Waals surface area contributed by atoms with Gasteiger partial charge in [0, 0.05) is 17.7 Å². The number of amides is 1. The fraction of sp³-hybridized carbons (Fsp3) is 0.407. The Kier molecular flexibility index (Phi) is 8.86. The van der Waals surface area contributed by atoms with Gasteiger partial charge < -0.3 is 10.1 Å². The number of carbonyl (C=O) groups excluding carboxylic acids is 1. The fourth-order valence-corrected chi connectivity index (χ4v) is 3.73. The molecule has 0 bridgehead atoms. The second kappa shape index (κ2) is 11.6. The Labute approximate surface area is 223 Å². The minimum absolute atomic E-state index is 0.131. The summed E-state index contributed by atoms with van der Waals surface area (Å²) in [4.78, 5) is 35.7. The first-order valence-electron chi connectivity index (χ1n) is 12.1. The van der Waals surface area contributed by atoms with E-state index in [1.165, 1.54) is 6.07 Å². The smallest absolute Gasteiger partial charge is 0.402 e. The molecule has 0 aliphatic heterocycles. The van der Waals surface area contributed by atoms with Gasteiger partial charge in [-0.3, -0.25) is 9.78 Å². The van der Waals surface area contributed by atoms with Crippen LogP contribution >= 0.6 is 11.6 Å². The zero-order valence-electron chi connectivity index (χ0n) is 21.8. The molecule has 2 N–H and O–H groups in total.